The summed E-state index contributed by atoms with van der Waals surface area (Å²) >= 11 is 0. The Kier molecular flexibility index (Phi) is 5.18. The van der Waals surface area contributed by atoms with E-state index in [1.807, 2.05) is 4.90 Å². The average molecular weight is 418 g/mol. The minimum atomic E-state index is -5.73. The number of halogens is 5. The van der Waals surface area contributed by atoms with Gasteiger partial charge < -0.3 is 14.5 Å². The van der Waals surface area contributed by atoms with Gasteiger partial charge in [-0.05, 0) is 52.6 Å². The lowest BCUT2D eigenvalue weighted by Crippen LogP contribution is -2.42. The van der Waals surface area contributed by atoms with E-state index in [9.17, 15) is 26.7 Å². The SMILES string of the molecule is CN(C)CC1=C(N2CCCC2=O)c2cc(C(F)(F)C(F)(F)F)ccc2OC1(C)C. The number of rotatable bonds is 4. The minimum Gasteiger partial charge on any atom is -0.483 e. The molecule has 2 aliphatic heterocycles. The Morgan fingerprint density at radius 2 is 1.83 bits per heavy atom. The van der Waals surface area contributed by atoms with Gasteiger partial charge in [0.1, 0.15) is 11.4 Å². The van der Waals surface area contributed by atoms with Crippen molar-refractivity contribution in [2.24, 2.45) is 0 Å². The fourth-order valence-corrected chi connectivity index (χ4v) is 3.72. The molecule has 0 aliphatic carbocycles. The Balaban J connectivity index is 2.26. The number of benzene rings is 1. The summed E-state index contributed by atoms with van der Waals surface area (Å²) in [6, 6.07) is 2.65. The Bertz CT molecular complexity index is 859. The molecule has 4 nitrogen and oxygen atoms in total. The lowest BCUT2D eigenvalue weighted by Gasteiger charge is -2.40. The van der Waals surface area contributed by atoms with Gasteiger partial charge in [0.2, 0.25) is 5.91 Å². The third-order valence-corrected chi connectivity index (χ3v) is 5.15. The molecule has 3 rings (SSSR count). The summed E-state index contributed by atoms with van der Waals surface area (Å²) in [6.45, 7) is 4.30. The van der Waals surface area contributed by atoms with E-state index in [0.29, 0.717) is 37.2 Å². The van der Waals surface area contributed by atoms with Crippen molar-refractivity contribution in [3.8, 4) is 5.75 Å². The molecule has 1 aromatic carbocycles. The van der Waals surface area contributed by atoms with Crippen LogP contribution in [0.4, 0.5) is 22.0 Å². The standard InChI is InChI=1S/C20H23F5N2O2/c1-18(2)14(11-26(3)4)17(27-9-5-6-16(27)28)13-10-12(7-8-15(13)29-18)19(21,22)20(23,24)25/h7-8,10H,5-6,9,11H2,1-4H3. The molecule has 1 saturated heterocycles. The Hall–Kier alpha value is -2.16. The molecular formula is C20H23F5N2O2. The summed E-state index contributed by atoms with van der Waals surface area (Å²) in [5.74, 6) is -5.03. The molecule has 0 saturated carbocycles. The molecule has 1 amide bonds. The number of nitrogens with zero attached hydrogens (tertiary/aromatic N) is 2. The molecule has 1 fully saturated rings. The van der Waals surface area contributed by atoms with Crippen LogP contribution in [0.25, 0.3) is 5.70 Å². The monoisotopic (exact) mass is 418 g/mol. The lowest BCUT2D eigenvalue weighted by molar-refractivity contribution is -0.289. The maximum absolute atomic E-state index is 14.0. The summed E-state index contributed by atoms with van der Waals surface area (Å²) in [4.78, 5) is 15.8. The van der Waals surface area contributed by atoms with Crippen LogP contribution in [0.3, 0.4) is 0 Å². The van der Waals surface area contributed by atoms with Crippen molar-refractivity contribution in [3.05, 3.63) is 34.9 Å². The number of hydrogen-bond donors (Lipinski definition) is 0. The average Bonchev–Trinajstić information content (AvgIpc) is 2.99. The molecule has 2 heterocycles. The highest BCUT2D eigenvalue weighted by molar-refractivity contribution is 5.91. The highest BCUT2D eigenvalue weighted by Crippen LogP contribution is 2.48. The number of hydrogen-bond acceptors (Lipinski definition) is 3. The fourth-order valence-electron chi connectivity index (χ4n) is 3.72. The molecule has 0 spiro atoms. The second-order valence-corrected chi connectivity index (χ2v) is 8.11. The zero-order valence-corrected chi connectivity index (χ0v) is 16.7. The van der Waals surface area contributed by atoms with Gasteiger partial charge in [-0.25, -0.2) is 0 Å². The van der Waals surface area contributed by atoms with Crippen molar-refractivity contribution in [1.82, 2.24) is 9.80 Å². The van der Waals surface area contributed by atoms with Crippen LogP contribution in [-0.2, 0) is 10.7 Å². The van der Waals surface area contributed by atoms with Crippen LogP contribution < -0.4 is 4.74 Å². The molecule has 29 heavy (non-hydrogen) atoms. The molecule has 0 unspecified atom stereocenters. The minimum absolute atomic E-state index is 0.0813. The zero-order chi connectivity index (χ0) is 21.8. The maximum Gasteiger partial charge on any atom is 0.458 e. The van der Waals surface area contributed by atoms with Crippen LogP contribution in [0, 0.1) is 0 Å². The van der Waals surface area contributed by atoms with Gasteiger partial charge in [-0.2, -0.15) is 22.0 Å². The Morgan fingerprint density at radius 3 is 2.34 bits per heavy atom. The fraction of sp³-hybridized carbons (Fsp3) is 0.550. The van der Waals surface area contributed by atoms with Gasteiger partial charge in [0, 0.05) is 36.2 Å². The van der Waals surface area contributed by atoms with Crippen LogP contribution in [0.15, 0.2) is 23.8 Å². The molecule has 0 bridgehead atoms. The van der Waals surface area contributed by atoms with Crippen molar-refractivity contribution in [1.29, 1.82) is 0 Å². The first-order valence-electron chi connectivity index (χ1n) is 9.23. The molecule has 0 N–H and O–H groups in total. The number of likely N-dealkylation sites (tertiary alicyclic amines) is 1. The molecule has 1 aromatic rings. The van der Waals surface area contributed by atoms with Crippen molar-refractivity contribution < 1.29 is 31.5 Å². The number of amides is 1. The molecule has 9 heteroatoms. The number of carbonyl (C=O) groups excluding carboxylic acids is 1. The van der Waals surface area contributed by atoms with E-state index in [2.05, 4.69) is 0 Å². The summed E-state index contributed by atoms with van der Waals surface area (Å²) in [5.41, 5.74) is -0.952. The van der Waals surface area contributed by atoms with Crippen molar-refractivity contribution in [2.75, 3.05) is 27.2 Å². The smallest absolute Gasteiger partial charge is 0.458 e. The Labute approximate surface area is 165 Å². The number of fused-ring (bicyclic) bond motifs is 1. The number of carbonyl (C=O) groups is 1. The Morgan fingerprint density at radius 1 is 1.17 bits per heavy atom. The summed E-state index contributed by atoms with van der Waals surface area (Å²) < 4.78 is 72.7. The molecule has 160 valence electrons. The first-order valence-corrected chi connectivity index (χ1v) is 9.23. The van der Waals surface area contributed by atoms with E-state index in [4.69, 9.17) is 4.74 Å². The van der Waals surface area contributed by atoms with Crippen LogP contribution in [0.2, 0.25) is 0 Å². The first kappa shape index (κ1) is 21.5. The summed E-state index contributed by atoms with van der Waals surface area (Å²) in [7, 11) is 3.60. The van der Waals surface area contributed by atoms with Crippen molar-refractivity contribution in [3.63, 3.8) is 0 Å². The van der Waals surface area contributed by atoms with Crippen LogP contribution in [0.1, 0.15) is 37.8 Å². The van der Waals surface area contributed by atoms with E-state index >= 15 is 0 Å². The van der Waals surface area contributed by atoms with Crippen LogP contribution >= 0.6 is 0 Å². The van der Waals surface area contributed by atoms with Gasteiger partial charge in [0.25, 0.3) is 0 Å². The van der Waals surface area contributed by atoms with Gasteiger partial charge >= 0.3 is 12.1 Å². The molecule has 0 radical (unpaired) electrons. The molecule has 0 aromatic heterocycles. The lowest BCUT2D eigenvalue weighted by atomic mass is 9.87. The topological polar surface area (TPSA) is 32.8 Å². The van der Waals surface area contributed by atoms with Gasteiger partial charge in [-0.3, -0.25) is 4.79 Å². The largest absolute Gasteiger partial charge is 0.483 e. The number of alkyl halides is 5. The van der Waals surface area contributed by atoms with Crippen LogP contribution in [0.5, 0.6) is 5.75 Å². The van der Waals surface area contributed by atoms with Gasteiger partial charge in [-0.1, -0.05) is 0 Å². The van der Waals surface area contributed by atoms with Crippen molar-refractivity contribution >= 4 is 11.6 Å². The molecule has 0 atom stereocenters. The number of ether oxygens (including phenoxy) is 1. The third-order valence-electron chi connectivity index (χ3n) is 5.15. The van der Waals surface area contributed by atoms with Gasteiger partial charge in [0.05, 0.1) is 5.70 Å². The predicted octanol–water partition coefficient (Wildman–Crippen LogP) is 4.41. The molecular weight excluding hydrogens is 395 g/mol. The van der Waals surface area contributed by atoms with E-state index in [1.54, 1.807) is 27.9 Å². The van der Waals surface area contributed by atoms with Crippen LogP contribution in [-0.4, -0.2) is 54.7 Å². The first-order chi connectivity index (χ1) is 13.3. The second kappa shape index (κ2) is 6.97. The number of likely N-dealkylation sites (N-methyl/N-ethyl adjacent to an activating group) is 1. The maximum atomic E-state index is 14.0. The van der Waals surface area contributed by atoms with E-state index in [-0.39, 0.29) is 17.2 Å². The highest BCUT2D eigenvalue weighted by Gasteiger charge is 2.59. The highest BCUT2D eigenvalue weighted by atomic mass is 19.4. The summed E-state index contributed by atoms with van der Waals surface area (Å²) in [6.07, 6.45) is -4.84. The van der Waals surface area contributed by atoms with Gasteiger partial charge in [0.15, 0.2) is 0 Å². The van der Waals surface area contributed by atoms with E-state index in [1.165, 1.54) is 4.90 Å². The second-order valence-electron chi connectivity index (χ2n) is 8.11. The zero-order valence-electron chi connectivity index (χ0n) is 16.7. The normalized spacial score (nSPS) is 19.7. The summed E-state index contributed by atoms with van der Waals surface area (Å²) in [5, 5.41) is 0. The van der Waals surface area contributed by atoms with E-state index < -0.39 is 23.3 Å². The molecule has 2 aliphatic rings. The van der Waals surface area contributed by atoms with E-state index in [0.717, 1.165) is 18.2 Å². The van der Waals surface area contributed by atoms with Crippen molar-refractivity contribution in [2.45, 2.75) is 44.4 Å². The predicted molar refractivity (Wildman–Crippen MR) is 97.5 cm³/mol. The third kappa shape index (κ3) is 3.72. The quantitative estimate of drug-likeness (QED) is 0.680. The van der Waals surface area contributed by atoms with Gasteiger partial charge in [-0.15, -0.1) is 0 Å².